The second kappa shape index (κ2) is 8.54. The lowest BCUT2D eigenvalue weighted by Crippen LogP contribution is -2.37. The topological polar surface area (TPSA) is 73.8 Å². The molecule has 2 atom stereocenters. The molecule has 8 heteroatoms. The summed E-state index contributed by atoms with van der Waals surface area (Å²) in [5, 5.41) is 1.60. The number of pyridine rings is 1. The number of hydrogen-bond acceptors (Lipinski definition) is 4. The minimum atomic E-state index is -0.944. The van der Waals surface area contributed by atoms with Crippen LogP contribution in [0.4, 0.5) is 0 Å². The van der Waals surface area contributed by atoms with Gasteiger partial charge in [0.2, 0.25) is 5.91 Å². The van der Waals surface area contributed by atoms with Crippen LogP contribution in [-0.2, 0) is 11.8 Å². The lowest BCUT2D eigenvalue weighted by Gasteiger charge is -2.28. The molecule has 1 aliphatic carbocycles. The van der Waals surface area contributed by atoms with E-state index in [1.807, 2.05) is 66.2 Å². The minimum Gasteiger partial charge on any atom is -0.369 e. The second-order valence-electron chi connectivity index (χ2n) is 7.41. The normalized spacial score (nSPS) is 20.5. The van der Waals surface area contributed by atoms with Gasteiger partial charge in [0, 0.05) is 28.7 Å². The van der Waals surface area contributed by atoms with Gasteiger partial charge >= 0.3 is 0 Å². The van der Waals surface area contributed by atoms with Crippen LogP contribution in [0.15, 0.2) is 76.8 Å². The average molecular weight is 471 g/mol. The van der Waals surface area contributed by atoms with Crippen LogP contribution in [0.3, 0.4) is 0 Å². The van der Waals surface area contributed by atoms with E-state index in [4.69, 9.17) is 33.9 Å². The fraction of sp³-hybridized carbons (Fsp3) is 0.174. The molecule has 0 saturated carbocycles. The van der Waals surface area contributed by atoms with Gasteiger partial charge in [-0.1, -0.05) is 47.7 Å². The van der Waals surface area contributed by atoms with Gasteiger partial charge in [-0.25, -0.2) is 4.98 Å². The summed E-state index contributed by atoms with van der Waals surface area (Å²) < 4.78 is 2.01. The van der Waals surface area contributed by atoms with Crippen LogP contribution in [0.1, 0.15) is 12.6 Å². The fourth-order valence-electron chi connectivity index (χ4n) is 3.48. The van der Waals surface area contributed by atoms with Crippen LogP contribution in [0.5, 0.6) is 0 Å². The molecule has 0 bridgehead atoms. The molecular formula is C23H20Cl2N4OS. The van der Waals surface area contributed by atoms with Crippen molar-refractivity contribution in [3.8, 4) is 11.5 Å². The summed E-state index contributed by atoms with van der Waals surface area (Å²) in [6, 6.07) is 13.3. The molecule has 2 N–H and O–H groups in total. The van der Waals surface area contributed by atoms with E-state index in [9.17, 15) is 4.79 Å². The first-order valence-electron chi connectivity index (χ1n) is 9.57. The summed E-state index contributed by atoms with van der Waals surface area (Å²) in [6.07, 6.45) is 7.19. The zero-order chi connectivity index (χ0) is 22.2. The van der Waals surface area contributed by atoms with Crippen molar-refractivity contribution in [2.45, 2.75) is 21.7 Å². The number of carbonyl (C=O) groups excluding carboxylic acids is 1. The molecule has 0 fully saturated rings. The van der Waals surface area contributed by atoms with Crippen molar-refractivity contribution in [2.75, 3.05) is 0 Å². The van der Waals surface area contributed by atoms with Crippen LogP contribution in [0.25, 0.3) is 17.1 Å². The number of rotatable bonds is 5. The molecule has 4 rings (SSSR count). The van der Waals surface area contributed by atoms with E-state index in [1.54, 1.807) is 31.0 Å². The zero-order valence-corrected chi connectivity index (χ0v) is 19.2. The Morgan fingerprint density at radius 1 is 1.23 bits per heavy atom. The summed E-state index contributed by atoms with van der Waals surface area (Å²) in [7, 11) is 1.96. The highest BCUT2D eigenvalue weighted by Gasteiger charge is 2.36. The number of benzene rings is 1. The number of nitrogens with zero attached hydrogens (tertiary/aromatic N) is 3. The summed E-state index contributed by atoms with van der Waals surface area (Å²) in [5.74, 6) is -0.325. The van der Waals surface area contributed by atoms with Gasteiger partial charge in [-0.3, -0.25) is 9.78 Å². The van der Waals surface area contributed by atoms with Crippen LogP contribution in [-0.4, -0.2) is 25.3 Å². The van der Waals surface area contributed by atoms with Gasteiger partial charge < -0.3 is 10.3 Å². The van der Waals surface area contributed by atoms with Crippen LogP contribution in [0, 0.1) is 5.92 Å². The SMILES string of the molecule is Cn1c(-c2ccccn2)nc(C2=C[C@](C)(Cl)C(C(N)=O)C=C2)c1Sc1ccc(Cl)cc1. The highest BCUT2D eigenvalue weighted by atomic mass is 35.5. The zero-order valence-electron chi connectivity index (χ0n) is 16.9. The lowest BCUT2D eigenvalue weighted by atomic mass is 9.85. The molecule has 158 valence electrons. The summed E-state index contributed by atoms with van der Waals surface area (Å²) in [5.41, 5.74) is 7.87. The quantitative estimate of drug-likeness (QED) is 0.510. The molecule has 31 heavy (non-hydrogen) atoms. The first-order chi connectivity index (χ1) is 14.8. The van der Waals surface area contributed by atoms with E-state index in [0.29, 0.717) is 5.02 Å². The summed E-state index contributed by atoms with van der Waals surface area (Å²) in [4.78, 5) is 21.3. The van der Waals surface area contributed by atoms with Gasteiger partial charge in [0.1, 0.15) is 16.4 Å². The third-order valence-corrected chi connectivity index (χ3v) is 6.82. The van der Waals surface area contributed by atoms with Crippen molar-refractivity contribution in [3.63, 3.8) is 0 Å². The predicted octanol–water partition coefficient (Wildman–Crippen LogP) is 5.34. The molecule has 3 aromatic rings. The molecule has 1 aliphatic rings. The maximum absolute atomic E-state index is 11.8. The van der Waals surface area contributed by atoms with Crippen molar-refractivity contribution in [2.24, 2.45) is 18.7 Å². The van der Waals surface area contributed by atoms with E-state index >= 15 is 0 Å². The molecule has 0 saturated heterocycles. The van der Waals surface area contributed by atoms with E-state index in [2.05, 4.69) is 4.98 Å². The highest BCUT2D eigenvalue weighted by molar-refractivity contribution is 7.99. The van der Waals surface area contributed by atoms with Crippen LogP contribution in [0.2, 0.25) is 5.02 Å². The van der Waals surface area contributed by atoms with Gasteiger partial charge in [-0.05, 0) is 43.3 Å². The number of alkyl halides is 1. The number of amides is 1. The van der Waals surface area contributed by atoms with Crippen LogP contribution >= 0.6 is 35.0 Å². The van der Waals surface area contributed by atoms with Crippen molar-refractivity contribution in [1.29, 1.82) is 0 Å². The van der Waals surface area contributed by atoms with E-state index in [-0.39, 0.29) is 0 Å². The van der Waals surface area contributed by atoms with Gasteiger partial charge in [0.15, 0.2) is 5.82 Å². The van der Waals surface area contributed by atoms with Crippen LogP contribution < -0.4 is 5.73 Å². The Hall–Kier alpha value is -2.54. The number of allylic oxidation sites excluding steroid dienone is 3. The molecule has 1 unspecified atom stereocenters. The van der Waals surface area contributed by atoms with Crippen molar-refractivity contribution >= 4 is 46.4 Å². The number of imidazole rings is 1. The Kier molecular flexibility index (Phi) is 5.97. The molecule has 0 spiro atoms. The number of halogens is 2. The van der Waals surface area contributed by atoms with E-state index < -0.39 is 16.7 Å². The Labute approximate surface area is 195 Å². The third kappa shape index (κ3) is 4.42. The largest absolute Gasteiger partial charge is 0.369 e. The fourth-order valence-corrected chi connectivity index (χ4v) is 4.88. The molecule has 5 nitrogen and oxygen atoms in total. The van der Waals surface area contributed by atoms with Crippen molar-refractivity contribution in [1.82, 2.24) is 14.5 Å². The maximum Gasteiger partial charge on any atom is 0.226 e. The summed E-state index contributed by atoms with van der Waals surface area (Å²) in [6.45, 7) is 1.78. The molecule has 1 amide bonds. The smallest absolute Gasteiger partial charge is 0.226 e. The van der Waals surface area contributed by atoms with Gasteiger partial charge in [0.25, 0.3) is 0 Å². The second-order valence-corrected chi connectivity index (χ2v) is 9.72. The molecule has 0 aliphatic heterocycles. The van der Waals surface area contributed by atoms with E-state index in [0.717, 1.165) is 32.7 Å². The Balaban J connectivity index is 1.84. The average Bonchev–Trinajstić information content (AvgIpc) is 3.05. The molecule has 2 aromatic heterocycles. The van der Waals surface area contributed by atoms with Crippen molar-refractivity contribution in [3.05, 3.63) is 77.6 Å². The first kappa shape index (κ1) is 21.7. The predicted molar refractivity (Wildman–Crippen MR) is 126 cm³/mol. The Bertz CT molecular complexity index is 1180. The number of hydrogen-bond donors (Lipinski definition) is 1. The van der Waals surface area contributed by atoms with E-state index in [1.165, 1.54) is 0 Å². The number of carbonyl (C=O) groups is 1. The number of nitrogens with two attached hydrogens (primary N) is 1. The Morgan fingerprint density at radius 3 is 2.58 bits per heavy atom. The third-order valence-electron chi connectivity index (χ3n) is 5.06. The first-order valence-corrected chi connectivity index (χ1v) is 11.1. The molecule has 0 radical (unpaired) electrons. The van der Waals surface area contributed by atoms with Gasteiger partial charge in [-0.15, -0.1) is 11.6 Å². The highest BCUT2D eigenvalue weighted by Crippen LogP contribution is 2.41. The summed E-state index contributed by atoms with van der Waals surface area (Å²) >= 11 is 14.3. The lowest BCUT2D eigenvalue weighted by molar-refractivity contribution is -0.120. The standard InChI is InChI=1S/C23H20Cl2N4OS/c1-23(25)13-14(6-11-17(23)20(26)30)19-22(31-16-9-7-15(24)8-10-16)29(2)21(28-19)18-5-3-4-12-27-18/h3-13,17H,1-2H3,(H2,26,30)/t17?,23-/m0/s1. The number of primary amides is 1. The van der Waals surface area contributed by atoms with Crippen molar-refractivity contribution < 1.29 is 4.79 Å². The Morgan fingerprint density at radius 2 is 1.97 bits per heavy atom. The number of aromatic nitrogens is 3. The van der Waals surface area contributed by atoms with Gasteiger partial charge in [-0.2, -0.15) is 0 Å². The molecule has 2 heterocycles. The molecule has 1 aromatic carbocycles. The van der Waals surface area contributed by atoms with Gasteiger partial charge in [0.05, 0.1) is 10.8 Å². The maximum atomic E-state index is 11.8. The minimum absolute atomic E-state index is 0.463. The molecular weight excluding hydrogens is 451 g/mol. The monoisotopic (exact) mass is 470 g/mol.